The molecule has 1 amide bonds. The Hall–Kier alpha value is -2.08. The van der Waals surface area contributed by atoms with E-state index in [1.165, 1.54) is 0 Å². The molecule has 0 aliphatic heterocycles. The summed E-state index contributed by atoms with van der Waals surface area (Å²) in [5.41, 5.74) is 3.26. The number of hydrogen-bond acceptors (Lipinski definition) is 5. The molecule has 0 bridgehead atoms. The molecule has 1 aromatic rings. The predicted molar refractivity (Wildman–Crippen MR) is 94.5 cm³/mol. The highest BCUT2D eigenvalue weighted by atomic mass is 16.7. The number of ether oxygens (including phenoxy) is 1. The average molecular weight is 348 g/mol. The number of rotatable bonds is 5. The molecule has 25 heavy (non-hydrogen) atoms. The van der Waals surface area contributed by atoms with Gasteiger partial charge in [-0.15, -0.1) is 5.48 Å². The van der Waals surface area contributed by atoms with E-state index >= 15 is 0 Å². The second kappa shape index (κ2) is 8.85. The lowest BCUT2D eigenvalue weighted by molar-refractivity contribution is -0.163. The Morgan fingerprint density at radius 3 is 2.48 bits per heavy atom. The monoisotopic (exact) mass is 348 g/mol. The van der Waals surface area contributed by atoms with E-state index in [0.29, 0.717) is 6.42 Å². The second-order valence-electron chi connectivity index (χ2n) is 7.52. The number of amides is 1. The van der Waals surface area contributed by atoms with E-state index in [9.17, 15) is 9.59 Å². The van der Waals surface area contributed by atoms with Crippen LogP contribution in [0.5, 0.6) is 0 Å². The summed E-state index contributed by atoms with van der Waals surface area (Å²) in [5, 5.41) is 2.90. The van der Waals surface area contributed by atoms with Gasteiger partial charge in [0.25, 0.3) is 0 Å². The molecule has 1 fully saturated rings. The van der Waals surface area contributed by atoms with Gasteiger partial charge < -0.3 is 14.9 Å². The van der Waals surface area contributed by atoms with Crippen LogP contribution in [0.1, 0.15) is 52.0 Å². The van der Waals surface area contributed by atoms with Gasteiger partial charge in [-0.1, -0.05) is 30.3 Å². The predicted octanol–water partition coefficient (Wildman–Crippen LogP) is 3.32. The fourth-order valence-electron chi connectivity index (χ4n) is 2.65. The highest BCUT2D eigenvalue weighted by Gasteiger charge is 2.27. The first kappa shape index (κ1) is 19.2. The van der Waals surface area contributed by atoms with Gasteiger partial charge in [0.05, 0.1) is 5.41 Å². The molecule has 1 aromatic carbocycles. The lowest BCUT2D eigenvalue weighted by Gasteiger charge is -2.30. The lowest BCUT2D eigenvalue weighted by Crippen LogP contribution is -2.45. The number of hydrogen-bond donors (Lipinski definition) is 2. The van der Waals surface area contributed by atoms with Gasteiger partial charge in [-0.25, -0.2) is 9.59 Å². The van der Waals surface area contributed by atoms with E-state index in [1.807, 2.05) is 51.1 Å². The van der Waals surface area contributed by atoms with E-state index in [-0.39, 0.29) is 24.7 Å². The Bertz CT molecular complexity index is 569. The molecule has 0 heterocycles. The van der Waals surface area contributed by atoms with E-state index in [1.54, 1.807) is 0 Å². The number of carbonyl (C=O) groups excluding carboxylic acids is 2. The van der Waals surface area contributed by atoms with Crippen molar-refractivity contribution < 1.29 is 19.2 Å². The minimum atomic E-state index is -0.541. The SMILES string of the molecule is CC(C)(C)C(=O)ON[C@H]1CCC[C@@H](NC(=O)OCc2ccccc2)C1. The summed E-state index contributed by atoms with van der Waals surface area (Å²) in [6.45, 7) is 5.69. The van der Waals surface area contributed by atoms with Gasteiger partial charge in [-0.05, 0) is 52.0 Å². The van der Waals surface area contributed by atoms with Gasteiger partial charge in [0, 0.05) is 12.1 Å². The Kier molecular flexibility index (Phi) is 6.82. The summed E-state index contributed by atoms with van der Waals surface area (Å²) >= 11 is 0. The van der Waals surface area contributed by atoms with Crippen LogP contribution in [0.25, 0.3) is 0 Å². The standard InChI is InChI=1S/C19H28N2O4/c1-19(2,3)17(22)25-21-16-11-7-10-15(12-16)20-18(23)24-13-14-8-5-4-6-9-14/h4-6,8-9,15-16,21H,7,10-13H2,1-3H3,(H,20,23)/t15-,16+/m1/s1. The molecular formula is C19H28N2O4. The largest absolute Gasteiger partial charge is 0.445 e. The molecule has 0 spiro atoms. The quantitative estimate of drug-likeness (QED) is 0.798. The topological polar surface area (TPSA) is 76.7 Å². The number of carbonyl (C=O) groups is 2. The zero-order valence-corrected chi connectivity index (χ0v) is 15.2. The van der Waals surface area contributed by atoms with Crippen molar-refractivity contribution >= 4 is 12.1 Å². The molecule has 6 heteroatoms. The van der Waals surface area contributed by atoms with Crippen molar-refractivity contribution in [1.29, 1.82) is 0 Å². The Labute approximate surface area is 149 Å². The molecule has 0 unspecified atom stereocenters. The summed E-state index contributed by atoms with van der Waals surface area (Å²) in [7, 11) is 0. The summed E-state index contributed by atoms with van der Waals surface area (Å²) in [6, 6.07) is 9.63. The molecule has 2 atom stereocenters. The van der Waals surface area contributed by atoms with Crippen molar-refractivity contribution in [3.8, 4) is 0 Å². The molecule has 1 saturated carbocycles. The highest BCUT2D eigenvalue weighted by molar-refractivity contribution is 5.75. The maximum atomic E-state index is 11.9. The summed E-state index contributed by atoms with van der Waals surface area (Å²) in [6.07, 6.45) is 3.05. The van der Waals surface area contributed by atoms with E-state index in [4.69, 9.17) is 9.57 Å². The minimum Gasteiger partial charge on any atom is -0.445 e. The van der Waals surface area contributed by atoms with Crippen molar-refractivity contribution in [2.24, 2.45) is 5.41 Å². The summed E-state index contributed by atoms with van der Waals surface area (Å²) < 4.78 is 5.25. The first-order valence-electron chi connectivity index (χ1n) is 8.78. The van der Waals surface area contributed by atoms with Crippen molar-refractivity contribution in [2.45, 2.75) is 65.1 Å². The third-order valence-corrected chi connectivity index (χ3v) is 4.14. The Balaban J connectivity index is 1.71. The maximum Gasteiger partial charge on any atom is 0.407 e. The molecule has 2 rings (SSSR count). The number of nitrogens with one attached hydrogen (secondary N) is 2. The van der Waals surface area contributed by atoms with E-state index in [2.05, 4.69) is 10.8 Å². The smallest absolute Gasteiger partial charge is 0.407 e. The fraction of sp³-hybridized carbons (Fsp3) is 0.579. The zero-order chi connectivity index (χ0) is 18.3. The maximum absolute atomic E-state index is 11.9. The van der Waals surface area contributed by atoms with Crippen LogP contribution in [0, 0.1) is 5.41 Å². The Morgan fingerprint density at radius 2 is 1.80 bits per heavy atom. The van der Waals surface area contributed by atoms with Gasteiger partial charge in [0.1, 0.15) is 6.61 Å². The van der Waals surface area contributed by atoms with E-state index < -0.39 is 11.5 Å². The van der Waals surface area contributed by atoms with Gasteiger partial charge >= 0.3 is 12.1 Å². The molecule has 1 aliphatic carbocycles. The third-order valence-electron chi connectivity index (χ3n) is 4.14. The van der Waals surface area contributed by atoms with Crippen molar-refractivity contribution in [1.82, 2.24) is 10.8 Å². The van der Waals surface area contributed by atoms with Gasteiger partial charge in [-0.2, -0.15) is 0 Å². The van der Waals surface area contributed by atoms with Crippen LogP contribution in [-0.4, -0.2) is 24.1 Å². The number of alkyl carbamates (subject to hydrolysis) is 1. The Morgan fingerprint density at radius 1 is 1.12 bits per heavy atom. The summed E-state index contributed by atoms with van der Waals surface area (Å²) in [4.78, 5) is 28.9. The molecular weight excluding hydrogens is 320 g/mol. The molecule has 138 valence electrons. The van der Waals surface area contributed by atoms with Crippen LogP contribution in [0.3, 0.4) is 0 Å². The van der Waals surface area contributed by atoms with Crippen LogP contribution < -0.4 is 10.8 Å². The van der Waals surface area contributed by atoms with Gasteiger partial charge in [0.15, 0.2) is 0 Å². The van der Waals surface area contributed by atoms with Crippen molar-refractivity contribution in [3.05, 3.63) is 35.9 Å². The number of hydroxylamine groups is 1. The minimum absolute atomic E-state index is 0.0165. The average Bonchev–Trinajstić information content (AvgIpc) is 2.58. The fourth-order valence-corrected chi connectivity index (χ4v) is 2.65. The molecule has 0 saturated heterocycles. The van der Waals surface area contributed by atoms with Crippen LogP contribution in [0.4, 0.5) is 4.79 Å². The first-order valence-corrected chi connectivity index (χ1v) is 8.78. The van der Waals surface area contributed by atoms with Crippen molar-refractivity contribution in [2.75, 3.05) is 0 Å². The zero-order valence-electron chi connectivity index (χ0n) is 15.2. The van der Waals surface area contributed by atoms with Crippen LogP contribution >= 0.6 is 0 Å². The van der Waals surface area contributed by atoms with Crippen LogP contribution in [-0.2, 0) is 21.0 Å². The molecule has 0 aromatic heterocycles. The van der Waals surface area contributed by atoms with Crippen LogP contribution in [0.2, 0.25) is 0 Å². The molecule has 1 aliphatic rings. The molecule has 0 radical (unpaired) electrons. The van der Waals surface area contributed by atoms with Gasteiger partial charge in [0.2, 0.25) is 0 Å². The second-order valence-corrected chi connectivity index (χ2v) is 7.52. The third kappa shape index (κ3) is 6.74. The first-order chi connectivity index (χ1) is 11.8. The van der Waals surface area contributed by atoms with Crippen LogP contribution in [0.15, 0.2) is 30.3 Å². The highest BCUT2D eigenvalue weighted by Crippen LogP contribution is 2.20. The molecule has 2 N–H and O–H groups in total. The molecule has 6 nitrogen and oxygen atoms in total. The van der Waals surface area contributed by atoms with E-state index in [0.717, 1.165) is 24.8 Å². The summed E-state index contributed by atoms with van der Waals surface area (Å²) in [5.74, 6) is -0.287. The van der Waals surface area contributed by atoms with Crippen molar-refractivity contribution in [3.63, 3.8) is 0 Å². The lowest BCUT2D eigenvalue weighted by atomic mass is 9.91. The number of benzene rings is 1. The normalized spacial score (nSPS) is 20.6. The van der Waals surface area contributed by atoms with Gasteiger partial charge in [-0.3, -0.25) is 0 Å².